The van der Waals surface area contributed by atoms with Gasteiger partial charge in [-0.05, 0) is 0 Å². The second-order valence-electron chi connectivity index (χ2n) is 2.07. The number of alkyl halides is 1. The SMILES string of the molecule is C[I-]c1cnn2cccnc12. The van der Waals surface area contributed by atoms with Crippen LogP contribution >= 0.6 is 0 Å². The summed E-state index contributed by atoms with van der Waals surface area (Å²) in [5.41, 5.74) is 1.02. The number of fused-ring (bicyclic) bond motifs is 1. The van der Waals surface area contributed by atoms with Gasteiger partial charge >= 0.3 is 74.6 Å². The summed E-state index contributed by atoms with van der Waals surface area (Å²) in [4.78, 5) is 6.45. The Balaban J connectivity index is 2.76. The van der Waals surface area contributed by atoms with Crippen molar-refractivity contribution in [1.29, 1.82) is 0 Å². The van der Waals surface area contributed by atoms with Crippen molar-refractivity contribution in [2.75, 3.05) is 4.93 Å². The van der Waals surface area contributed by atoms with E-state index in [2.05, 4.69) is 15.0 Å². The molecule has 0 unspecified atom stereocenters. The summed E-state index contributed by atoms with van der Waals surface area (Å²) >= 11 is 0.0989. The van der Waals surface area contributed by atoms with E-state index in [1.54, 1.807) is 6.20 Å². The summed E-state index contributed by atoms with van der Waals surface area (Å²) < 4.78 is 3.13. The summed E-state index contributed by atoms with van der Waals surface area (Å²) in [6.45, 7) is 0. The third-order valence-corrected chi connectivity index (χ3v) is 3.36. The molecular weight excluding hydrogens is 253 g/mol. The Hall–Kier alpha value is -0.650. The normalized spacial score (nSPS) is 11.0. The summed E-state index contributed by atoms with van der Waals surface area (Å²) in [5, 5.41) is 4.17. The molecule has 0 aliphatic heterocycles. The Morgan fingerprint density at radius 2 is 2.45 bits per heavy atom. The van der Waals surface area contributed by atoms with Crippen molar-refractivity contribution >= 4 is 5.65 Å². The Morgan fingerprint density at radius 3 is 3.27 bits per heavy atom. The molecule has 0 bridgehead atoms. The van der Waals surface area contributed by atoms with E-state index in [1.165, 1.54) is 3.57 Å². The number of hydrogen-bond donors (Lipinski definition) is 0. The predicted molar refractivity (Wildman–Crippen MR) is 37.6 cm³/mol. The topological polar surface area (TPSA) is 30.2 Å². The molecule has 0 atom stereocenters. The first-order valence-corrected chi connectivity index (χ1v) is 6.43. The van der Waals surface area contributed by atoms with Gasteiger partial charge in [0, 0.05) is 0 Å². The van der Waals surface area contributed by atoms with Crippen LogP contribution in [0.3, 0.4) is 0 Å². The van der Waals surface area contributed by atoms with Gasteiger partial charge in [-0.2, -0.15) is 0 Å². The first-order chi connectivity index (χ1) is 5.42. The van der Waals surface area contributed by atoms with Crippen molar-refractivity contribution in [2.45, 2.75) is 0 Å². The van der Waals surface area contributed by atoms with E-state index in [9.17, 15) is 0 Å². The van der Waals surface area contributed by atoms with Crippen LogP contribution in [0.2, 0.25) is 0 Å². The van der Waals surface area contributed by atoms with E-state index in [4.69, 9.17) is 0 Å². The van der Waals surface area contributed by atoms with Gasteiger partial charge < -0.3 is 0 Å². The fourth-order valence-corrected chi connectivity index (χ4v) is 2.20. The molecule has 11 heavy (non-hydrogen) atoms. The zero-order chi connectivity index (χ0) is 7.68. The number of nitrogens with zero attached hydrogens (tertiary/aromatic N) is 3. The summed E-state index contributed by atoms with van der Waals surface area (Å²) in [7, 11) is 0. The molecule has 2 aromatic rings. The van der Waals surface area contributed by atoms with Crippen LogP contribution in [-0.2, 0) is 0 Å². The molecule has 0 radical (unpaired) electrons. The second kappa shape index (κ2) is 2.77. The van der Waals surface area contributed by atoms with Crippen LogP contribution in [0.25, 0.3) is 5.65 Å². The molecule has 0 N–H and O–H groups in total. The molecule has 0 amide bonds. The molecule has 0 fully saturated rings. The van der Waals surface area contributed by atoms with Crippen LogP contribution in [0.15, 0.2) is 24.7 Å². The first-order valence-electron chi connectivity index (χ1n) is 3.19. The van der Waals surface area contributed by atoms with E-state index in [0.717, 1.165) is 5.65 Å². The zero-order valence-electron chi connectivity index (χ0n) is 6.03. The van der Waals surface area contributed by atoms with Crippen molar-refractivity contribution in [3.05, 3.63) is 28.2 Å². The maximum absolute atomic E-state index is 4.24. The minimum atomic E-state index is 0.0989. The van der Waals surface area contributed by atoms with Gasteiger partial charge in [0.2, 0.25) is 0 Å². The fourth-order valence-electron chi connectivity index (χ4n) is 0.932. The van der Waals surface area contributed by atoms with E-state index >= 15 is 0 Å². The maximum atomic E-state index is 4.24. The molecule has 2 heterocycles. The third kappa shape index (κ3) is 1.11. The summed E-state index contributed by atoms with van der Waals surface area (Å²) in [6, 6.07) is 1.89. The van der Waals surface area contributed by atoms with Gasteiger partial charge in [0.1, 0.15) is 0 Å². The number of hydrogen-bond acceptors (Lipinski definition) is 2. The van der Waals surface area contributed by atoms with Gasteiger partial charge in [0.05, 0.1) is 0 Å². The van der Waals surface area contributed by atoms with Crippen molar-refractivity contribution in [3.8, 4) is 0 Å². The Morgan fingerprint density at radius 1 is 1.55 bits per heavy atom. The minimum absolute atomic E-state index is 0.0989. The van der Waals surface area contributed by atoms with E-state index < -0.39 is 0 Å². The Kier molecular flexibility index (Phi) is 1.77. The van der Waals surface area contributed by atoms with Crippen LogP contribution in [0.1, 0.15) is 0 Å². The van der Waals surface area contributed by atoms with Gasteiger partial charge in [-0.3, -0.25) is 0 Å². The first kappa shape index (κ1) is 7.02. The number of halogens is 1. The van der Waals surface area contributed by atoms with Crippen LogP contribution in [-0.4, -0.2) is 19.5 Å². The van der Waals surface area contributed by atoms with Crippen LogP contribution in [0, 0.1) is 3.57 Å². The molecule has 2 rings (SSSR count). The predicted octanol–water partition coefficient (Wildman–Crippen LogP) is -2.38. The molecule has 0 saturated carbocycles. The fraction of sp³-hybridized carbons (Fsp3) is 0.143. The molecule has 0 aliphatic carbocycles. The van der Waals surface area contributed by atoms with Gasteiger partial charge in [-0.15, -0.1) is 0 Å². The van der Waals surface area contributed by atoms with Gasteiger partial charge in [-0.25, -0.2) is 0 Å². The van der Waals surface area contributed by atoms with Gasteiger partial charge in [-0.1, -0.05) is 0 Å². The standard InChI is InChI=1S/C7H7IN3/c1-8-6-5-10-11-4-2-3-9-7(6)11/h2-5H,1H3/q-1. The van der Waals surface area contributed by atoms with Crippen molar-refractivity contribution in [2.24, 2.45) is 0 Å². The molecular formula is C7H7IN3-. The van der Waals surface area contributed by atoms with Crippen LogP contribution < -0.4 is 21.2 Å². The van der Waals surface area contributed by atoms with Crippen LogP contribution in [0.4, 0.5) is 0 Å². The second-order valence-corrected chi connectivity index (χ2v) is 4.31. The molecule has 0 aliphatic rings. The van der Waals surface area contributed by atoms with Gasteiger partial charge in [0.25, 0.3) is 0 Å². The molecule has 4 heteroatoms. The van der Waals surface area contributed by atoms with E-state index in [1.807, 2.05) is 23.0 Å². The average Bonchev–Trinajstić information content (AvgIpc) is 2.47. The van der Waals surface area contributed by atoms with Gasteiger partial charge in [0.15, 0.2) is 0 Å². The number of rotatable bonds is 1. The monoisotopic (exact) mass is 260 g/mol. The number of aromatic nitrogens is 3. The third-order valence-electron chi connectivity index (χ3n) is 1.44. The summed E-state index contributed by atoms with van der Waals surface area (Å²) in [5.74, 6) is 0. The Bertz CT molecular complexity index is 368. The van der Waals surface area contributed by atoms with E-state index in [0.29, 0.717) is 0 Å². The van der Waals surface area contributed by atoms with Crippen molar-refractivity contribution < 1.29 is 21.2 Å². The molecule has 0 aromatic carbocycles. The summed E-state index contributed by atoms with van der Waals surface area (Å²) in [6.07, 6.45) is 5.64. The zero-order valence-corrected chi connectivity index (χ0v) is 8.19. The average molecular weight is 260 g/mol. The molecule has 0 spiro atoms. The molecule has 3 nitrogen and oxygen atoms in total. The van der Waals surface area contributed by atoms with Crippen molar-refractivity contribution in [3.63, 3.8) is 0 Å². The molecule has 2 aromatic heterocycles. The quantitative estimate of drug-likeness (QED) is 0.423. The molecule has 58 valence electrons. The molecule has 0 saturated heterocycles. The van der Waals surface area contributed by atoms with Crippen molar-refractivity contribution in [1.82, 2.24) is 14.6 Å². The van der Waals surface area contributed by atoms with Crippen LogP contribution in [0.5, 0.6) is 0 Å². The van der Waals surface area contributed by atoms with E-state index in [-0.39, 0.29) is 21.2 Å². The Labute approximate surface area is 74.7 Å².